The van der Waals surface area contributed by atoms with Gasteiger partial charge < -0.3 is 25.4 Å². The molecule has 5 atom stereocenters. The summed E-state index contributed by atoms with van der Waals surface area (Å²) in [7, 11) is 0. The van der Waals surface area contributed by atoms with Crippen LogP contribution in [0.25, 0.3) is 0 Å². The number of nitrogens with one attached hydrogen (secondary N) is 1. The molecule has 1 amide bonds. The molecule has 0 bridgehead atoms. The molecule has 1 aromatic rings. The number of carbonyl (C=O) groups excluding carboxylic acids is 2. The van der Waals surface area contributed by atoms with E-state index in [1.807, 2.05) is 6.08 Å². The van der Waals surface area contributed by atoms with Crippen LogP contribution in [0.2, 0.25) is 0 Å². The molecule has 0 unspecified atom stereocenters. The Morgan fingerprint density at radius 3 is 2.60 bits per heavy atom. The second kappa shape index (κ2) is 8.57. The average Bonchev–Trinajstić information content (AvgIpc) is 2.95. The molecule has 8 heteroatoms. The predicted molar refractivity (Wildman–Crippen MR) is 106 cm³/mol. The van der Waals surface area contributed by atoms with E-state index in [0.717, 1.165) is 12.8 Å². The Morgan fingerprint density at radius 1 is 1.30 bits per heavy atom. The number of esters is 1. The molecule has 2 aliphatic rings. The van der Waals surface area contributed by atoms with Gasteiger partial charge in [-0.15, -0.1) is 0 Å². The number of aliphatic hydroxyl groups is 2. The summed E-state index contributed by atoms with van der Waals surface area (Å²) in [6.45, 7) is 1.05. The fourth-order valence-electron chi connectivity index (χ4n) is 4.47. The van der Waals surface area contributed by atoms with E-state index in [9.17, 15) is 29.7 Å². The first-order valence-corrected chi connectivity index (χ1v) is 10.1. The summed E-state index contributed by atoms with van der Waals surface area (Å²) in [4.78, 5) is 37.0. The molecule has 8 nitrogen and oxygen atoms in total. The van der Waals surface area contributed by atoms with Gasteiger partial charge in [-0.25, -0.2) is 9.59 Å². The van der Waals surface area contributed by atoms with Gasteiger partial charge in [0.25, 0.3) is 0 Å². The fourth-order valence-corrected chi connectivity index (χ4v) is 4.47. The van der Waals surface area contributed by atoms with Crippen molar-refractivity contribution in [3.63, 3.8) is 0 Å². The maximum Gasteiger partial charge on any atom is 0.338 e. The molecule has 4 N–H and O–H groups in total. The van der Waals surface area contributed by atoms with Crippen LogP contribution in [0.15, 0.2) is 42.5 Å². The molecule has 1 aliphatic carbocycles. The van der Waals surface area contributed by atoms with Crippen LogP contribution < -0.4 is 5.32 Å². The van der Waals surface area contributed by atoms with Crippen LogP contribution in [0.3, 0.4) is 0 Å². The normalized spacial score (nSPS) is 31.8. The fraction of sp³-hybridized carbons (Fsp3) is 0.500. The Hall–Kier alpha value is -2.71. The Kier molecular flexibility index (Phi) is 6.28. The van der Waals surface area contributed by atoms with Gasteiger partial charge in [-0.1, -0.05) is 30.4 Å². The molecule has 3 rings (SSSR count). The van der Waals surface area contributed by atoms with Crippen molar-refractivity contribution in [3.05, 3.63) is 48.0 Å². The Labute approximate surface area is 174 Å². The number of rotatable bonds is 7. The number of hydrogen-bond donors (Lipinski definition) is 4. The molecule has 1 aromatic carbocycles. The van der Waals surface area contributed by atoms with Crippen molar-refractivity contribution in [1.29, 1.82) is 0 Å². The second-order valence-electron chi connectivity index (χ2n) is 8.06. The summed E-state index contributed by atoms with van der Waals surface area (Å²) in [6.07, 6.45) is 4.17. The highest BCUT2D eigenvalue weighted by atomic mass is 16.5. The number of benzene rings is 1. The Bertz CT molecular complexity index is 835. The van der Waals surface area contributed by atoms with Crippen LogP contribution >= 0.6 is 0 Å². The molecule has 0 spiro atoms. The zero-order valence-corrected chi connectivity index (χ0v) is 16.8. The SMILES string of the molecule is C[C@]1(O)[C@@H](CCOC(=O)c2ccccc2)C(=O)N[C@]1(C(=O)O)[C@H](O)[C@@H]1C=CCCC1. The third kappa shape index (κ3) is 3.73. The number of ether oxygens (including phenoxy) is 1. The largest absolute Gasteiger partial charge is 0.479 e. The minimum Gasteiger partial charge on any atom is -0.479 e. The lowest BCUT2D eigenvalue weighted by atomic mass is 9.68. The number of aliphatic hydroxyl groups excluding tert-OH is 1. The Morgan fingerprint density at radius 2 is 2.00 bits per heavy atom. The lowest BCUT2D eigenvalue weighted by Gasteiger charge is -2.43. The molecule has 1 heterocycles. The van der Waals surface area contributed by atoms with Crippen molar-refractivity contribution < 1.29 is 34.4 Å². The number of carboxylic acids is 1. The maximum absolute atomic E-state index is 12.6. The van der Waals surface area contributed by atoms with Crippen LogP contribution in [-0.2, 0) is 14.3 Å². The molecule has 0 aromatic heterocycles. The summed E-state index contributed by atoms with van der Waals surface area (Å²) in [5.74, 6) is -4.45. The molecular weight excluding hydrogens is 390 g/mol. The van der Waals surface area contributed by atoms with Crippen molar-refractivity contribution in [3.8, 4) is 0 Å². The standard InChI is InChI=1S/C22H27NO7/c1-21(29)16(12-13-30-19(26)15-10-6-3-7-11-15)18(25)23-22(21,20(27)28)17(24)14-8-4-2-5-9-14/h3-4,6-8,10-11,14,16-17,24,29H,2,5,9,12-13H2,1H3,(H,23,25)(H,27,28)/t14-,16+,17-,21+,22+/m1/s1. The van der Waals surface area contributed by atoms with E-state index < -0.39 is 46.9 Å². The van der Waals surface area contributed by atoms with E-state index in [2.05, 4.69) is 5.32 Å². The van der Waals surface area contributed by atoms with E-state index >= 15 is 0 Å². The second-order valence-corrected chi connectivity index (χ2v) is 8.06. The predicted octanol–water partition coefficient (Wildman–Crippen LogP) is 1.27. The van der Waals surface area contributed by atoms with E-state index in [1.165, 1.54) is 6.92 Å². The molecular formula is C22H27NO7. The summed E-state index contributed by atoms with van der Waals surface area (Å²) < 4.78 is 5.19. The zero-order chi connectivity index (χ0) is 21.9. The first kappa shape index (κ1) is 22.0. The number of carboxylic acid groups (broad SMARTS) is 1. The van der Waals surface area contributed by atoms with Crippen LogP contribution in [0, 0.1) is 11.8 Å². The summed E-state index contributed by atoms with van der Waals surface area (Å²) >= 11 is 0. The van der Waals surface area contributed by atoms with Gasteiger partial charge in [0.1, 0.15) is 5.60 Å². The van der Waals surface area contributed by atoms with Crippen molar-refractivity contribution in [2.75, 3.05) is 6.61 Å². The number of carbonyl (C=O) groups is 3. The average molecular weight is 417 g/mol. The van der Waals surface area contributed by atoms with Gasteiger partial charge in [0.2, 0.25) is 5.91 Å². The third-order valence-electron chi connectivity index (χ3n) is 6.24. The lowest BCUT2D eigenvalue weighted by molar-refractivity contribution is -0.170. The minimum atomic E-state index is -2.26. The number of aliphatic carboxylic acids is 1. The summed E-state index contributed by atoms with van der Waals surface area (Å²) in [5.41, 5.74) is -4.01. The zero-order valence-electron chi connectivity index (χ0n) is 16.8. The lowest BCUT2D eigenvalue weighted by Crippen LogP contribution is -2.70. The van der Waals surface area contributed by atoms with Crippen LogP contribution in [0.1, 0.15) is 43.0 Å². The van der Waals surface area contributed by atoms with Gasteiger partial charge in [-0.05, 0) is 44.7 Å². The first-order chi connectivity index (χ1) is 14.2. The van der Waals surface area contributed by atoms with Gasteiger partial charge in [-0.3, -0.25) is 4.79 Å². The van der Waals surface area contributed by atoms with Gasteiger partial charge in [0.15, 0.2) is 5.54 Å². The molecule has 30 heavy (non-hydrogen) atoms. The number of amides is 1. The van der Waals surface area contributed by atoms with E-state index in [1.54, 1.807) is 36.4 Å². The summed E-state index contributed by atoms with van der Waals surface area (Å²) in [5, 5.41) is 34.5. The Balaban J connectivity index is 1.76. The van der Waals surface area contributed by atoms with Crippen LogP contribution in [0.4, 0.5) is 0 Å². The quantitative estimate of drug-likeness (QED) is 0.388. The highest BCUT2D eigenvalue weighted by Gasteiger charge is 2.69. The van der Waals surface area contributed by atoms with Gasteiger partial charge in [0.05, 0.1) is 24.2 Å². The first-order valence-electron chi connectivity index (χ1n) is 10.1. The van der Waals surface area contributed by atoms with Gasteiger partial charge in [0, 0.05) is 5.92 Å². The monoisotopic (exact) mass is 417 g/mol. The van der Waals surface area contributed by atoms with Crippen molar-refractivity contribution in [2.24, 2.45) is 11.8 Å². The smallest absolute Gasteiger partial charge is 0.338 e. The minimum absolute atomic E-state index is 0.0837. The van der Waals surface area contributed by atoms with E-state index in [4.69, 9.17) is 4.74 Å². The molecule has 0 radical (unpaired) electrons. The molecule has 1 saturated heterocycles. The van der Waals surface area contributed by atoms with E-state index in [-0.39, 0.29) is 13.0 Å². The summed E-state index contributed by atoms with van der Waals surface area (Å²) in [6, 6.07) is 8.31. The number of hydrogen-bond acceptors (Lipinski definition) is 6. The maximum atomic E-state index is 12.6. The van der Waals surface area contributed by atoms with Crippen molar-refractivity contribution in [2.45, 2.75) is 49.9 Å². The molecule has 162 valence electrons. The molecule has 1 aliphatic heterocycles. The highest BCUT2D eigenvalue weighted by Crippen LogP contribution is 2.43. The van der Waals surface area contributed by atoms with E-state index in [0.29, 0.717) is 12.0 Å². The molecule has 1 fully saturated rings. The molecule has 0 saturated carbocycles. The highest BCUT2D eigenvalue weighted by molar-refractivity contribution is 5.96. The van der Waals surface area contributed by atoms with Gasteiger partial charge >= 0.3 is 11.9 Å². The van der Waals surface area contributed by atoms with Crippen LogP contribution in [-0.4, -0.2) is 57.0 Å². The number of allylic oxidation sites excluding steroid dienone is 1. The van der Waals surface area contributed by atoms with Crippen molar-refractivity contribution in [1.82, 2.24) is 5.32 Å². The van der Waals surface area contributed by atoms with Crippen LogP contribution in [0.5, 0.6) is 0 Å². The van der Waals surface area contributed by atoms with Crippen molar-refractivity contribution >= 4 is 17.8 Å². The topological polar surface area (TPSA) is 133 Å². The van der Waals surface area contributed by atoms with Gasteiger partial charge in [-0.2, -0.15) is 0 Å². The third-order valence-corrected chi connectivity index (χ3v) is 6.24.